The summed E-state index contributed by atoms with van der Waals surface area (Å²) in [5, 5.41) is 11.3. The molecule has 1 radical (unpaired) electrons. The van der Waals surface area contributed by atoms with Crippen LogP contribution in [0.15, 0.2) is 18.3 Å². The molecule has 2 N–H and O–H groups in total. The number of nitrogens with zero attached hydrogens (tertiary/aromatic N) is 1. The van der Waals surface area contributed by atoms with Crippen molar-refractivity contribution in [3.8, 4) is 5.75 Å². The molecular weight excluding hydrogens is 144 g/mol. The van der Waals surface area contributed by atoms with E-state index in [1.807, 2.05) is 0 Å². The minimum Gasteiger partial charge on any atom is -0.504 e. The maximum absolute atomic E-state index is 10.4. The molecule has 0 bridgehead atoms. The number of rotatable bonds is 1. The Labute approximate surface area is 63.9 Å². The van der Waals surface area contributed by atoms with Gasteiger partial charge in [0.1, 0.15) is 0 Å². The van der Waals surface area contributed by atoms with Crippen molar-refractivity contribution >= 4 is 11.7 Å². The Morgan fingerprint density at radius 3 is 3.00 bits per heavy atom. The zero-order valence-electron chi connectivity index (χ0n) is 5.74. The summed E-state index contributed by atoms with van der Waals surface area (Å²) < 4.78 is 0. The van der Waals surface area contributed by atoms with Gasteiger partial charge in [-0.15, -0.1) is 0 Å². The van der Waals surface area contributed by atoms with Crippen LogP contribution in [0.2, 0.25) is 0 Å². The van der Waals surface area contributed by atoms with E-state index in [1.165, 1.54) is 12.3 Å². The van der Waals surface area contributed by atoms with Crippen molar-refractivity contribution in [2.45, 2.75) is 0 Å². The summed E-state index contributed by atoms with van der Waals surface area (Å²) in [6.07, 6.45) is 1.46. The molecule has 4 heteroatoms. The fraction of sp³-hybridized carbons (Fsp3) is 0. The number of carbonyl (C=O) groups is 1. The third-order valence-electron chi connectivity index (χ3n) is 1.04. The van der Waals surface area contributed by atoms with Crippen molar-refractivity contribution in [1.82, 2.24) is 4.98 Å². The third-order valence-corrected chi connectivity index (χ3v) is 1.04. The van der Waals surface area contributed by atoms with E-state index >= 15 is 0 Å². The number of aromatic nitrogens is 1. The Bertz CT molecular complexity index is 273. The number of hydrogen-bond donors (Lipinski definition) is 2. The van der Waals surface area contributed by atoms with Gasteiger partial charge in [-0.3, -0.25) is 4.79 Å². The molecule has 0 atom stereocenters. The highest BCUT2D eigenvalue weighted by molar-refractivity contribution is 5.94. The average molecular weight is 151 g/mol. The van der Waals surface area contributed by atoms with E-state index in [1.54, 1.807) is 6.07 Å². The molecule has 0 fully saturated rings. The van der Waals surface area contributed by atoms with E-state index in [2.05, 4.69) is 17.2 Å². The molecule has 0 saturated heterocycles. The predicted octanol–water partition coefficient (Wildman–Crippen LogP) is 0.560. The molecule has 1 aromatic heterocycles. The minimum absolute atomic E-state index is 0.0653. The van der Waals surface area contributed by atoms with Gasteiger partial charge >= 0.3 is 0 Å². The molecule has 1 amide bonds. The molecule has 0 aromatic carbocycles. The Morgan fingerprint density at radius 2 is 2.45 bits per heavy atom. The van der Waals surface area contributed by atoms with Crippen molar-refractivity contribution in [2.24, 2.45) is 0 Å². The number of aromatic hydroxyl groups is 1. The van der Waals surface area contributed by atoms with Crippen molar-refractivity contribution in [3.63, 3.8) is 0 Å². The normalized spacial score (nSPS) is 9.18. The molecule has 0 unspecified atom stereocenters. The first-order chi connectivity index (χ1) is 5.20. The first-order valence-electron chi connectivity index (χ1n) is 2.97. The lowest BCUT2D eigenvalue weighted by atomic mass is 10.4. The molecule has 1 rings (SSSR count). The van der Waals surface area contributed by atoms with Crippen molar-refractivity contribution in [1.29, 1.82) is 0 Å². The minimum atomic E-state index is -0.501. The first-order valence-corrected chi connectivity index (χ1v) is 2.97. The number of anilines is 1. The van der Waals surface area contributed by atoms with Crippen LogP contribution in [0.4, 0.5) is 5.82 Å². The molecule has 0 aliphatic rings. The first kappa shape index (κ1) is 7.53. The molecule has 0 aliphatic heterocycles. The van der Waals surface area contributed by atoms with E-state index in [4.69, 9.17) is 5.11 Å². The zero-order valence-corrected chi connectivity index (χ0v) is 5.74. The van der Waals surface area contributed by atoms with Gasteiger partial charge in [0, 0.05) is 13.1 Å². The highest BCUT2D eigenvalue weighted by Gasteiger charge is 2.00. The molecule has 0 aliphatic carbocycles. The van der Waals surface area contributed by atoms with Gasteiger partial charge < -0.3 is 10.4 Å². The second-order valence-corrected chi connectivity index (χ2v) is 1.92. The van der Waals surface area contributed by atoms with Crippen LogP contribution in [0.25, 0.3) is 0 Å². The van der Waals surface area contributed by atoms with Crippen LogP contribution in [-0.4, -0.2) is 16.0 Å². The van der Waals surface area contributed by atoms with Gasteiger partial charge in [0.2, 0.25) is 5.91 Å². The van der Waals surface area contributed by atoms with Gasteiger partial charge in [-0.2, -0.15) is 0 Å². The van der Waals surface area contributed by atoms with E-state index in [-0.39, 0.29) is 11.6 Å². The van der Waals surface area contributed by atoms with Gasteiger partial charge in [-0.25, -0.2) is 4.98 Å². The van der Waals surface area contributed by atoms with Gasteiger partial charge in [0.25, 0.3) is 0 Å². The number of nitrogens with one attached hydrogen (secondary N) is 1. The van der Waals surface area contributed by atoms with E-state index in [9.17, 15) is 4.79 Å². The van der Waals surface area contributed by atoms with Gasteiger partial charge in [-0.1, -0.05) is 0 Å². The number of amides is 1. The topological polar surface area (TPSA) is 62.2 Å². The number of carbonyl (C=O) groups excluding carboxylic acids is 1. The van der Waals surface area contributed by atoms with E-state index in [0.29, 0.717) is 0 Å². The smallest absolute Gasteiger partial charge is 0.226 e. The summed E-state index contributed by atoms with van der Waals surface area (Å²) in [5.41, 5.74) is 0. The van der Waals surface area contributed by atoms with Gasteiger partial charge in [0.05, 0.1) is 0 Å². The highest BCUT2D eigenvalue weighted by atomic mass is 16.3. The summed E-state index contributed by atoms with van der Waals surface area (Å²) in [6.45, 7) is 3.07. The highest BCUT2D eigenvalue weighted by Crippen LogP contribution is 2.17. The van der Waals surface area contributed by atoms with Crippen LogP contribution < -0.4 is 5.32 Å². The Hall–Kier alpha value is -1.58. The maximum atomic E-state index is 10.4. The average Bonchev–Trinajstić information content (AvgIpc) is 1.93. The van der Waals surface area contributed by atoms with Crippen LogP contribution in [0.5, 0.6) is 5.75 Å². The molecule has 4 nitrogen and oxygen atoms in total. The van der Waals surface area contributed by atoms with E-state index in [0.717, 1.165) is 0 Å². The van der Waals surface area contributed by atoms with Crippen LogP contribution in [0.3, 0.4) is 0 Å². The lowest BCUT2D eigenvalue weighted by Crippen LogP contribution is -2.07. The zero-order chi connectivity index (χ0) is 8.27. The summed E-state index contributed by atoms with van der Waals surface area (Å²) in [7, 11) is 0. The second-order valence-electron chi connectivity index (χ2n) is 1.92. The number of hydrogen-bond acceptors (Lipinski definition) is 3. The fourth-order valence-corrected chi connectivity index (χ4v) is 0.625. The summed E-state index contributed by atoms with van der Waals surface area (Å²) in [6, 6.07) is 2.99. The predicted molar refractivity (Wildman–Crippen MR) is 39.9 cm³/mol. The van der Waals surface area contributed by atoms with Crippen LogP contribution in [0, 0.1) is 6.92 Å². The van der Waals surface area contributed by atoms with Crippen molar-refractivity contribution < 1.29 is 9.90 Å². The molecule has 57 valence electrons. The van der Waals surface area contributed by atoms with Crippen molar-refractivity contribution in [2.75, 3.05) is 5.32 Å². The van der Waals surface area contributed by atoms with Gasteiger partial charge in [-0.05, 0) is 12.1 Å². The molecule has 1 aromatic rings. The molecule has 0 spiro atoms. The Balaban J connectivity index is 2.86. The van der Waals surface area contributed by atoms with Crippen LogP contribution in [0.1, 0.15) is 0 Å². The largest absolute Gasteiger partial charge is 0.504 e. The van der Waals surface area contributed by atoms with Crippen molar-refractivity contribution in [3.05, 3.63) is 25.3 Å². The lowest BCUT2D eigenvalue weighted by molar-refractivity contribution is -0.112. The maximum Gasteiger partial charge on any atom is 0.226 e. The Morgan fingerprint density at radius 1 is 1.73 bits per heavy atom. The quantitative estimate of drug-likeness (QED) is 0.616. The molecular formula is C7H7N2O2. The lowest BCUT2D eigenvalue weighted by Gasteiger charge is -2.00. The fourth-order valence-electron chi connectivity index (χ4n) is 0.625. The van der Waals surface area contributed by atoms with Crippen LogP contribution in [-0.2, 0) is 4.79 Å². The SMILES string of the molecule is [CH2]C(=O)Nc1ncccc1O. The standard InChI is InChI=1S/C7H7N2O2/c1-5(10)9-7-6(11)3-2-4-8-7/h2-4,11H,1H2,(H,8,9,10). The third kappa shape index (κ3) is 1.93. The summed E-state index contributed by atoms with van der Waals surface area (Å²) >= 11 is 0. The Kier molecular flexibility index (Phi) is 2.06. The van der Waals surface area contributed by atoms with Crippen LogP contribution >= 0.6 is 0 Å². The molecule has 1 heterocycles. The van der Waals surface area contributed by atoms with E-state index < -0.39 is 5.91 Å². The molecule has 0 saturated carbocycles. The molecule has 11 heavy (non-hydrogen) atoms. The van der Waals surface area contributed by atoms with Gasteiger partial charge in [0.15, 0.2) is 11.6 Å². The monoisotopic (exact) mass is 151 g/mol. The summed E-state index contributed by atoms with van der Waals surface area (Å²) in [4.78, 5) is 14.1. The number of pyridine rings is 1. The summed E-state index contributed by atoms with van der Waals surface area (Å²) in [5.74, 6) is -0.434. The second kappa shape index (κ2) is 3.01.